The minimum absolute atomic E-state index is 0.352. The van der Waals surface area contributed by atoms with Gasteiger partial charge in [-0.2, -0.15) is 5.10 Å². The predicted molar refractivity (Wildman–Crippen MR) is 71.7 cm³/mol. The van der Waals surface area contributed by atoms with Crippen molar-refractivity contribution in [3.05, 3.63) is 45.4 Å². The minimum Gasteiger partial charge on any atom is -0.379 e. The zero-order valence-corrected chi connectivity index (χ0v) is 11.5. The normalized spacial score (nSPS) is 10.7. The molecule has 1 aromatic carbocycles. The summed E-state index contributed by atoms with van der Waals surface area (Å²) in [6, 6.07) is 4.29. The Morgan fingerprint density at radius 2 is 2.06 bits per heavy atom. The minimum atomic E-state index is -0.378. The van der Waals surface area contributed by atoms with Crippen molar-refractivity contribution in [2.75, 3.05) is 5.32 Å². The number of nitrogens with zero attached hydrogens (tertiary/aromatic N) is 2. The predicted octanol–water partition coefficient (Wildman–Crippen LogP) is 3.79. The fourth-order valence-corrected chi connectivity index (χ4v) is 2.16. The van der Waals surface area contributed by atoms with Gasteiger partial charge >= 0.3 is 0 Å². The van der Waals surface area contributed by atoms with Gasteiger partial charge in [0.25, 0.3) is 0 Å². The van der Waals surface area contributed by atoms with Crippen LogP contribution in [0, 0.1) is 12.7 Å². The van der Waals surface area contributed by atoms with Crippen LogP contribution in [0.1, 0.15) is 11.4 Å². The molecule has 2 aromatic rings. The summed E-state index contributed by atoms with van der Waals surface area (Å²) in [6.07, 6.45) is 0. The standard InChI is InChI=1S/C12H12Cl2FN3/c1-7-12(14)11(18(2)17-7)6-16-10-4-8(13)3-9(15)5-10/h3-5,16H,6H2,1-2H3. The molecule has 1 N–H and O–H groups in total. The van der Waals surface area contributed by atoms with E-state index in [1.54, 1.807) is 10.7 Å². The first-order valence-corrected chi connectivity index (χ1v) is 6.11. The average molecular weight is 288 g/mol. The third-order valence-corrected chi connectivity index (χ3v) is 3.29. The van der Waals surface area contributed by atoms with Crippen LogP contribution >= 0.6 is 23.2 Å². The van der Waals surface area contributed by atoms with E-state index in [1.807, 2.05) is 14.0 Å². The van der Waals surface area contributed by atoms with Crippen molar-refractivity contribution in [3.8, 4) is 0 Å². The number of hydrogen-bond acceptors (Lipinski definition) is 2. The maximum absolute atomic E-state index is 13.1. The Morgan fingerprint density at radius 1 is 1.33 bits per heavy atom. The average Bonchev–Trinajstić information content (AvgIpc) is 2.50. The van der Waals surface area contributed by atoms with Crippen molar-refractivity contribution in [2.24, 2.45) is 7.05 Å². The van der Waals surface area contributed by atoms with E-state index >= 15 is 0 Å². The lowest BCUT2D eigenvalue weighted by Crippen LogP contribution is -2.06. The Kier molecular flexibility index (Phi) is 3.78. The van der Waals surface area contributed by atoms with E-state index in [2.05, 4.69) is 10.4 Å². The topological polar surface area (TPSA) is 29.9 Å². The van der Waals surface area contributed by atoms with Gasteiger partial charge in [-0.05, 0) is 25.1 Å². The summed E-state index contributed by atoms with van der Waals surface area (Å²) in [4.78, 5) is 0. The smallest absolute Gasteiger partial charge is 0.126 e. The van der Waals surface area contributed by atoms with Crippen LogP contribution in [0.4, 0.5) is 10.1 Å². The number of halogens is 3. The van der Waals surface area contributed by atoms with Gasteiger partial charge in [0.1, 0.15) is 5.82 Å². The molecular formula is C12H12Cl2FN3. The Balaban J connectivity index is 2.16. The number of aromatic nitrogens is 2. The summed E-state index contributed by atoms with van der Waals surface area (Å²) < 4.78 is 14.8. The molecule has 0 aliphatic heterocycles. The van der Waals surface area contributed by atoms with Crippen LogP contribution in [0.15, 0.2) is 18.2 Å². The Hall–Kier alpha value is -1.26. The molecule has 0 atom stereocenters. The van der Waals surface area contributed by atoms with Gasteiger partial charge in [0.2, 0.25) is 0 Å². The molecule has 0 saturated carbocycles. The summed E-state index contributed by atoms with van der Waals surface area (Å²) in [5.74, 6) is -0.378. The molecule has 3 nitrogen and oxygen atoms in total. The van der Waals surface area contributed by atoms with Crippen molar-refractivity contribution in [3.63, 3.8) is 0 Å². The number of hydrogen-bond donors (Lipinski definition) is 1. The van der Waals surface area contributed by atoms with E-state index in [9.17, 15) is 4.39 Å². The van der Waals surface area contributed by atoms with Gasteiger partial charge in [-0.25, -0.2) is 4.39 Å². The lowest BCUT2D eigenvalue weighted by atomic mass is 10.3. The number of anilines is 1. The van der Waals surface area contributed by atoms with Crippen molar-refractivity contribution >= 4 is 28.9 Å². The molecule has 18 heavy (non-hydrogen) atoms. The van der Waals surface area contributed by atoms with Crippen LogP contribution in [0.25, 0.3) is 0 Å². The second-order valence-electron chi connectivity index (χ2n) is 3.98. The highest BCUT2D eigenvalue weighted by Crippen LogP contribution is 2.22. The molecule has 0 amide bonds. The van der Waals surface area contributed by atoms with Crippen LogP contribution in [0.5, 0.6) is 0 Å². The van der Waals surface area contributed by atoms with Gasteiger partial charge in [-0.1, -0.05) is 23.2 Å². The third-order valence-electron chi connectivity index (χ3n) is 2.58. The highest BCUT2D eigenvalue weighted by molar-refractivity contribution is 6.32. The van der Waals surface area contributed by atoms with Gasteiger partial charge in [0, 0.05) is 17.8 Å². The van der Waals surface area contributed by atoms with Gasteiger partial charge in [0.15, 0.2) is 0 Å². The first kappa shape index (κ1) is 13.2. The molecule has 0 bridgehead atoms. The Bertz CT molecular complexity index is 561. The first-order chi connectivity index (χ1) is 8.47. The number of nitrogens with one attached hydrogen (secondary N) is 1. The molecule has 0 saturated heterocycles. The fourth-order valence-electron chi connectivity index (χ4n) is 1.71. The lowest BCUT2D eigenvalue weighted by molar-refractivity contribution is 0.628. The Labute approximate surface area is 115 Å². The molecule has 0 aliphatic carbocycles. The lowest BCUT2D eigenvalue weighted by Gasteiger charge is -2.08. The molecule has 1 heterocycles. The van der Waals surface area contributed by atoms with Crippen LogP contribution in [-0.4, -0.2) is 9.78 Å². The highest BCUT2D eigenvalue weighted by atomic mass is 35.5. The van der Waals surface area contributed by atoms with Crippen LogP contribution in [0.3, 0.4) is 0 Å². The van der Waals surface area contributed by atoms with Crippen LogP contribution in [0.2, 0.25) is 10.0 Å². The van der Waals surface area contributed by atoms with Crippen molar-refractivity contribution in [1.29, 1.82) is 0 Å². The van der Waals surface area contributed by atoms with Crippen molar-refractivity contribution in [2.45, 2.75) is 13.5 Å². The number of aryl methyl sites for hydroxylation is 2. The molecule has 6 heteroatoms. The van der Waals surface area contributed by atoms with E-state index in [-0.39, 0.29) is 5.82 Å². The zero-order valence-electron chi connectivity index (χ0n) is 9.97. The summed E-state index contributed by atoms with van der Waals surface area (Å²) in [7, 11) is 1.81. The van der Waals surface area contributed by atoms with Gasteiger partial charge < -0.3 is 5.32 Å². The largest absolute Gasteiger partial charge is 0.379 e. The third kappa shape index (κ3) is 2.76. The summed E-state index contributed by atoms with van der Waals surface area (Å²) in [5, 5.41) is 8.24. The maximum Gasteiger partial charge on any atom is 0.126 e. The number of rotatable bonds is 3. The molecule has 1 aromatic heterocycles. The molecule has 0 fully saturated rings. The fraction of sp³-hybridized carbons (Fsp3) is 0.250. The maximum atomic E-state index is 13.1. The van der Waals surface area contributed by atoms with Crippen molar-refractivity contribution in [1.82, 2.24) is 9.78 Å². The highest BCUT2D eigenvalue weighted by Gasteiger charge is 2.10. The van der Waals surface area contributed by atoms with Gasteiger partial charge in [-0.3, -0.25) is 4.68 Å². The number of benzene rings is 1. The summed E-state index contributed by atoms with van der Waals surface area (Å²) in [5.41, 5.74) is 2.22. The van der Waals surface area contributed by atoms with Crippen LogP contribution < -0.4 is 5.32 Å². The summed E-state index contributed by atoms with van der Waals surface area (Å²) in [6.45, 7) is 2.29. The van der Waals surface area contributed by atoms with E-state index in [1.165, 1.54) is 12.1 Å². The molecule has 96 valence electrons. The molecule has 0 aliphatic rings. The molecule has 0 radical (unpaired) electrons. The quantitative estimate of drug-likeness (QED) is 0.931. The monoisotopic (exact) mass is 287 g/mol. The molecule has 0 unspecified atom stereocenters. The second kappa shape index (κ2) is 5.16. The van der Waals surface area contributed by atoms with Crippen molar-refractivity contribution < 1.29 is 4.39 Å². The van der Waals surface area contributed by atoms with E-state index in [0.717, 1.165) is 11.4 Å². The SMILES string of the molecule is Cc1nn(C)c(CNc2cc(F)cc(Cl)c2)c1Cl. The second-order valence-corrected chi connectivity index (χ2v) is 4.80. The van der Waals surface area contributed by atoms with E-state index in [0.29, 0.717) is 22.3 Å². The molecule has 2 rings (SSSR count). The zero-order chi connectivity index (χ0) is 13.3. The Morgan fingerprint density at radius 3 is 2.61 bits per heavy atom. The van der Waals surface area contributed by atoms with Gasteiger partial charge in [0.05, 0.1) is 23.0 Å². The first-order valence-electron chi connectivity index (χ1n) is 5.35. The molecule has 0 spiro atoms. The molecular weight excluding hydrogens is 276 g/mol. The van der Waals surface area contributed by atoms with Gasteiger partial charge in [-0.15, -0.1) is 0 Å². The van der Waals surface area contributed by atoms with Crippen LogP contribution in [-0.2, 0) is 13.6 Å². The van der Waals surface area contributed by atoms with E-state index in [4.69, 9.17) is 23.2 Å². The van der Waals surface area contributed by atoms with E-state index < -0.39 is 0 Å². The summed E-state index contributed by atoms with van der Waals surface area (Å²) >= 11 is 11.9.